The summed E-state index contributed by atoms with van der Waals surface area (Å²) in [5.74, 6) is 4.04. The molecular formula is C20H8F6I2N2O5. The second kappa shape index (κ2) is 9.78. The number of hydrogen-bond acceptors (Lipinski definition) is 5. The smallest absolute Gasteiger partial charge is 0.316 e. The van der Waals surface area contributed by atoms with Gasteiger partial charge < -0.3 is 4.74 Å². The maximum absolute atomic E-state index is 13.1. The van der Waals surface area contributed by atoms with Crippen LogP contribution in [0.15, 0.2) is 36.4 Å². The molecule has 2 unspecified atom stereocenters. The Bertz CT molecular complexity index is 1190. The Hall–Kier alpha value is -2.64. The van der Waals surface area contributed by atoms with E-state index in [1.165, 1.54) is 45.2 Å². The number of terminal acetylenes is 2. The minimum Gasteiger partial charge on any atom is -0.316 e. The first kappa shape index (κ1) is 28.6. The average Bonchev–Trinajstić information content (AvgIpc) is 2.76. The number of alkyl halides is 8. The topological polar surface area (TPSA) is 95.5 Å². The fourth-order valence-corrected chi connectivity index (χ4v) is 4.77. The van der Waals surface area contributed by atoms with Gasteiger partial charge in [0.25, 0.3) is 11.4 Å². The molecule has 15 heteroatoms. The van der Waals surface area contributed by atoms with E-state index in [1.54, 1.807) is 0 Å². The van der Waals surface area contributed by atoms with Crippen LogP contribution in [0.3, 0.4) is 0 Å². The average molecular weight is 724 g/mol. The highest BCUT2D eigenvalue weighted by atomic mass is 127. The zero-order chi connectivity index (χ0) is 27.0. The van der Waals surface area contributed by atoms with Crippen molar-refractivity contribution in [2.45, 2.75) is 19.6 Å². The zero-order valence-corrected chi connectivity index (χ0v) is 20.9. The van der Waals surface area contributed by atoms with Gasteiger partial charge in [0.1, 0.15) is 0 Å². The second-order valence-corrected chi connectivity index (χ2v) is 9.59. The van der Waals surface area contributed by atoms with Gasteiger partial charge in [0.2, 0.25) is 7.22 Å². The summed E-state index contributed by atoms with van der Waals surface area (Å²) in [6.45, 7) is 0. The van der Waals surface area contributed by atoms with Gasteiger partial charge in [0.15, 0.2) is 0 Å². The molecule has 2 aromatic rings. The molecule has 35 heavy (non-hydrogen) atoms. The molecule has 0 heterocycles. The highest BCUT2D eigenvalue weighted by Gasteiger charge is 2.47. The SMILES string of the molecule is C#CC(I)(OC(I)(C#C)c1ccc(C(F)(F)F)cc1[N+](=O)[O-])c1ccc(C(F)(F)F)cc1[N+](=O)[O-]. The van der Waals surface area contributed by atoms with Gasteiger partial charge >= 0.3 is 12.4 Å². The first-order valence-electron chi connectivity index (χ1n) is 8.65. The van der Waals surface area contributed by atoms with Gasteiger partial charge in [0, 0.05) is 12.1 Å². The summed E-state index contributed by atoms with van der Waals surface area (Å²) in [5.41, 5.74) is -6.04. The highest BCUT2D eigenvalue weighted by Crippen LogP contribution is 2.50. The first-order valence-corrected chi connectivity index (χ1v) is 10.8. The molecule has 0 saturated heterocycles. The van der Waals surface area contributed by atoms with E-state index in [0.29, 0.717) is 24.3 Å². The van der Waals surface area contributed by atoms with Crippen LogP contribution < -0.4 is 0 Å². The first-order chi connectivity index (χ1) is 15.9. The monoisotopic (exact) mass is 724 g/mol. The number of nitro groups is 2. The molecule has 0 aromatic heterocycles. The number of ether oxygens (including phenoxy) is 1. The van der Waals surface area contributed by atoms with Gasteiger partial charge in [-0.05, 0) is 69.4 Å². The standard InChI is InChI=1S/C20H8F6I2N2O5/c1-3-17(27,13-7-5-11(19(21,22)23)9-15(13)29(31)32)35-18(28,4-2)14-8-6-12(20(24,25)26)10-16(14)30(33)34/h1-2,5-10H. The summed E-state index contributed by atoms with van der Waals surface area (Å²) in [4.78, 5) is 20.7. The van der Waals surface area contributed by atoms with Crippen molar-refractivity contribution in [1.82, 2.24) is 0 Å². The molecule has 0 spiro atoms. The zero-order valence-electron chi connectivity index (χ0n) is 16.6. The van der Waals surface area contributed by atoms with Crippen LogP contribution >= 0.6 is 45.2 Å². The van der Waals surface area contributed by atoms with Crippen LogP contribution in [-0.4, -0.2) is 9.85 Å². The van der Waals surface area contributed by atoms with Crippen molar-refractivity contribution in [3.63, 3.8) is 0 Å². The van der Waals surface area contributed by atoms with Crippen molar-refractivity contribution >= 4 is 56.6 Å². The summed E-state index contributed by atoms with van der Waals surface area (Å²) in [6.07, 6.45) is 1.08. The lowest BCUT2D eigenvalue weighted by Crippen LogP contribution is -2.33. The van der Waals surface area contributed by atoms with Crippen LogP contribution in [0.1, 0.15) is 22.3 Å². The van der Waals surface area contributed by atoms with Crippen molar-refractivity contribution in [2.24, 2.45) is 0 Å². The summed E-state index contributed by atoms with van der Waals surface area (Å²) >= 11 is 2.65. The lowest BCUT2D eigenvalue weighted by atomic mass is 10.0. The largest absolute Gasteiger partial charge is 0.416 e. The van der Waals surface area contributed by atoms with Crippen LogP contribution in [0, 0.1) is 44.9 Å². The van der Waals surface area contributed by atoms with E-state index in [1.807, 2.05) is 11.8 Å². The number of nitro benzene ring substituents is 2. The van der Waals surface area contributed by atoms with Crippen LogP contribution in [0.2, 0.25) is 0 Å². The van der Waals surface area contributed by atoms with Crippen LogP contribution in [-0.2, 0) is 24.3 Å². The molecular weight excluding hydrogens is 716 g/mol. The molecule has 0 fully saturated rings. The number of rotatable bonds is 6. The predicted octanol–water partition coefficient (Wildman–Crippen LogP) is 6.70. The van der Waals surface area contributed by atoms with E-state index in [4.69, 9.17) is 17.6 Å². The summed E-state index contributed by atoms with van der Waals surface area (Å²) in [7, 11) is 0. The molecule has 0 aliphatic heterocycles. The fraction of sp³-hybridized carbons (Fsp3) is 0.200. The summed E-state index contributed by atoms with van der Waals surface area (Å²) in [6, 6.07) is 2.80. The third-order valence-electron chi connectivity index (χ3n) is 4.39. The van der Waals surface area contributed by atoms with Crippen molar-refractivity contribution in [3.05, 3.63) is 78.9 Å². The number of nitrogens with zero attached hydrogens (tertiary/aromatic N) is 2. The van der Waals surface area contributed by atoms with Crippen LogP contribution in [0.4, 0.5) is 37.7 Å². The summed E-state index contributed by atoms with van der Waals surface area (Å²) < 4.78 is 79.4. The van der Waals surface area contributed by atoms with Crippen molar-refractivity contribution in [3.8, 4) is 24.7 Å². The molecule has 184 valence electrons. The van der Waals surface area contributed by atoms with Gasteiger partial charge in [0.05, 0.1) is 32.1 Å². The Labute approximate surface area is 219 Å². The van der Waals surface area contributed by atoms with E-state index in [-0.39, 0.29) is 12.1 Å². The number of halogens is 8. The van der Waals surface area contributed by atoms with Gasteiger partial charge in [-0.15, -0.1) is 12.8 Å². The number of hydrogen-bond donors (Lipinski definition) is 0. The quantitative estimate of drug-likeness (QED) is 0.0826. The Balaban J connectivity index is 2.73. The van der Waals surface area contributed by atoms with Gasteiger partial charge in [-0.25, -0.2) is 0 Å². The molecule has 0 aliphatic carbocycles. The van der Waals surface area contributed by atoms with Crippen LogP contribution in [0.25, 0.3) is 0 Å². The Kier molecular flexibility index (Phi) is 7.99. The molecule has 0 amide bonds. The Morgan fingerprint density at radius 3 is 1.29 bits per heavy atom. The predicted molar refractivity (Wildman–Crippen MR) is 126 cm³/mol. The van der Waals surface area contributed by atoms with E-state index < -0.39 is 63.0 Å². The van der Waals surface area contributed by atoms with Crippen molar-refractivity contribution in [1.29, 1.82) is 0 Å². The highest BCUT2D eigenvalue weighted by molar-refractivity contribution is 14.1. The third kappa shape index (κ3) is 5.96. The fourth-order valence-electron chi connectivity index (χ4n) is 2.78. The van der Waals surface area contributed by atoms with E-state index in [0.717, 1.165) is 0 Å². The van der Waals surface area contributed by atoms with E-state index in [9.17, 15) is 46.6 Å². The van der Waals surface area contributed by atoms with Gasteiger partial charge in [-0.1, -0.05) is 11.8 Å². The summed E-state index contributed by atoms with van der Waals surface area (Å²) in [5, 5.41) is 23.0. The van der Waals surface area contributed by atoms with Gasteiger partial charge in [-0.3, -0.25) is 20.2 Å². The molecule has 0 bridgehead atoms. The Morgan fingerprint density at radius 1 is 0.743 bits per heavy atom. The molecule has 2 atom stereocenters. The molecule has 0 radical (unpaired) electrons. The molecule has 0 saturated carbocycles. The lowest BCUT2D eigenvalue weighted by Gasteiger charge is -2.32. The molecule has 7 nitrogen and oxygen atoms in total. The maximum atomic E-state index is 13.1. The molecule has 2 rings (SSSR count). The lowest BCUT2D eigenvalue weighted by molar-refractivity contribution is -0.387. The normalized spacial score (nSPS) is 15.3. The van der Waals surface area contributed by atoms with E-state index >= 15 is 0 Å². The van der Waals surface area contributed by atoms with Crippen molar-refractivity contribution in [2.75, 3.05) is 0 Å². The van der Waals surface area contributed by atoms with Crippen molar-refractivity contribution < 1.29 is 40.9 Å². The molecule has 2 aromatic carbocycles. The molecule has 0 N–H and O–H groups in total. The van der Waals surface area contributed by atoms with E-state index in [2.05, 4.69) is 0 Å². The third-order valence-corrected chi connectivity index (χ3v) is 6.61. The Morgan fingerprint density at radius 2 is 1.06 bits per heavy atom. The van der Waals surface area contributed by atoms with Crippen LogP contribution in [0.5, 0.6) is 0 Å². The molecule has 0 aliphatic rings. The maximum Gasteiger partial charge on any atom is 0.416 e. The second-order valence-electron chi connectivity index (χ2n) is 6.55. The number of benzene rings is 2. The minimum absolute atomic E-state index is 0.217. The minimum atomic E-state index is -4.93. The van der Waals surface area contributed by atoms with Gasteiger partial charge in [-0.2, -0.15) is 26.3 Å².